The molecule has 0 saturated carbocycles. The van der Waals surface area contributed by atoms with Crippen LogP contribution in [-0.4, -0.2) is 12.5 Å². The maximum Gasteiger partial charge on any atom is 0.461 e. The molecular formula is C8H5F5O. The molecule has 0 unspecified atom stereocenters. The highest BCUT2D eigenvalue weighted by Gasteiger charge is 2.43. The summed E-state index contributed by atoms with van der Waals surface area (Å²) in [6.45, 7) is 0. The first kappa shape index (κ1) is 10.7. The van der Waals surface area contributed by atoms with Gasteiger partial charge in [0, 0.05) is 0 Å². The van der Waals surface area contributed by atoms with E-state index in [2.05, 4.69) is 4.74 Å². The van der Waals surface area contributed by atoms with Gasteiger partial charge in [-0.3, -0.25) is 0 Å². The van der Waals surface area contributed by atoms with Crippen LogP contribution in [-0.2, 0) is 0 Å². The van der Waals surface area contributed by atoms with Crippen LogP contribution in [0.1, 0.15) is 0 Å². The summed E-state index contributed by atoms with van der Waals surface area (Å²) in [5.74, 6) is -1.19. The van der Waals surface area contributed by atoms with Crippen molar-refractivity contribution < 1.29 is 26.7 Å². The lowest BCUT2D eigenvalue weighted by Gasteiger charge is -2.16. The Labute approximate surface area is 76.1 Å². The average Bonchev–Trinajstić information content (AvgIpc) is 2.08. The molecule has 0 spiro atoms. The summed E-state index contributed by atoms with van der Waals surface area (Å²) in [6.07, 6.45) is -8.48. The fourth-order valence-electron chi connectivity index (χ4n) is 0.704. The Bertz CT molecular complexity index is 295. The van der Waals surface area contributed by atoms with Crippen molar-refractivity contribution in [1.82, 2.24) is 0 Å². The van der Waals surface area contributed by atoms with E-state index in [0.29, 0.717) is 0 Å². The van der Waals surface area contributed by atoms with E-state index >= 15 is 0 Å². The number of hydrogen-bond donors (Lipinski definition) is 0. The van der Waals surface area contributed by atoms with E-state index in [-0.39, 0.29) is 0 Å². The van der Waals surface area contributed by atoms with Gasteiger partial charge in [0.25, 0.3) is 0 Å². The molecule has 0 aromatic heterocycles. The van der Waals surface area contributed by atoms with Crippen molar-refractivity contribution in [2.45, 2.75) is 12.5 Å². The second-order valence-electron chi connectivity index (χ2n) is 2.42. The van der Waals surface area contributed by atoms with Crippen molar-refractivity contribution in [3.8, 4) is 5.75 Å². The smallest absolute Gasteiger partial charge is 0.428 e. The van der Waals surface area contributed by atoms with E-state index in [4.69, 9.17) is 0 Å². The lowest BCUT2D eigenvalue weighted by atomic mass is 10.3. The Balaban J connectivity index is 2.74. The highest BCUT2D eigenvalue weighted by molar-refractivity contribution is 5.22. The van der Waals surface area contributed by atoms with Crippen molar-refractivity contribution in [2.75, 3.05) is 0 Å². The van der Waals surface area contributed by atoms with Crippen LogP contribution < -0.4 is 4.74 Å². The molecule has 1 nitrogen and oxygen atoms in total. The molecule has 1 aromatic carbocycles. The van der Waals surface area contributed by atoms with Crippen LogP contribution >= 0.6 is 0 Å². The van der Waals surface area contributed by atoms with E-state index in [1.54, 1.807) is 0 Å². The van der Waals surface area contributed by atoms with Crippen LogP contribution in [0.25, 0.3) is 0 Å². The summed E-state index contributed by atoms with van der Waals surface area (Å²) in [4.78, 5) is 0. The molecule has 0 atom stereocenters. The summed E-state index contributed by atoms with van der Waals surface area (Å²) in [5, 5.41) is 0. The molecular weight excluding hydrogens is 207 g/mol. The van der Waals surface area contributed by atoms with Gasteiger partial charge in [-0.15, -0.1) is 0 Å². The Kier molecular flexibility index (Phi) is 2.93. The van der Waals surface area contributed by atoms with Gasteiger partial charge in [0.05, 0.1) is 0 Å². The third-order valence-electron chi connectivity index (χ3n) is 1.32. The molecule has 0 heterocycles. The lowest BCUT2D eigenvalue weighted by molar-refractivity contribution is -0.253. The predicted molar refractivity (Wildman–Crippen MR) is 38.0 cm³/mol. The summed E-state index contributed by atoms with van der Waals surface area (Å²) in [5.41, 5.74) is 0. The fourth-order valence-corrected chi connectivity index (χ4v) is 0.704. The van der Waals surface area contributed by atoms with Crippen molar-refractivity contribution in [1.29, 1.82) is 0 Å². The predicted octanol–water partition coefficient (Wildman–Crippen LogP) is 3.06. The zero-order valence-electron chi connectivity index (χ0n) is 6.68. The molecule has 0 amide bonds. The molecule has 0 bridgehead atoms. The zero-order chi connectivity index (χ0) is 10.8. The standard InChI is InChI=1S/C8H5F5O/c9-5-1-3-6(4-2-5)14-8(12,13)7(10)11/h1-4,7H. The molecule has 0 saturated heterocycles. The zero-order valence-corrected chi connectivity index (χ0v) is 6.68. The Morgan fingerprint density at radius 1 is 1.07 bits per heavy atom. The molecule has 0 aliphatic carbocycles. The van der Waals surface area contributed by atoms with Crippen LogP contribution in [0.3, 0.4) is 0 Å². The summed E-state index contributed by atoms with van der Waals surface area (Å²) < 4.78 is 63.7. The summed E-state index contributed by atoms with van der Waals surface area (Å²) in [7, 11) is 0. The van der Waals surface area contributed by atoms with E-state index in [0.717, 1.165) is 24.3 Å². The van der Waals surface area contributed by atoms with Gasteiger partial charge in [0.1, 0.15) is 11.6 Å². The second-order valence-corrected chi connectivity index (χ2v) is 2.42. The maximum absolute atomic E-state index is 12.3. The lowest BCUT2D eigenvalue weighted by Crippen LogP contribution is -2.33. The van der Waals surface area contributed by atoms with E-state index in [9.17, 15) is 22.0 Å². The molecule has 0 fully saturated rings. The fraction of sp³-hybridized carbons (Fsp3) is 0.250. The van der Waals surface area contributed by atoms with Gasteiger partial charge in [0.15, 0.2) is 0 Å². The Morgan fingerprint density at radius 2 is 1.57 bits per heavy atom. The maximum atomic E-state index is 12.3. The minimum Gasteiger partial charge on any atom is -0.428 e. The first-order chi connectivity index (χ1) is 6.42. The number of halogens is 5. The van der Waals surface area contributed by atoms with Gasteiger partial charge < -0.3 is 4.74 Å². The average molecular weight is 212 g/mol. The summed E-state index contributed by atoms with van der Waals surface area (Å²) in [6, 6.07) is 3.34. The first-order valence-corrected chi connectivity index (χ1v) is 3.52. The van der Waals surface area contributed by atoms with Gasteiger partial charge in [-0.2, -0.15) is 17.6 Å². The molecule has 1 aromatic rings. The SMILES string of the molecule is Fc1ccc(OC(F)(F)C(F)F)cc1. The van der Waals surface area contributed by atoms with Crippen molar-refractivity contribution in [3.05, 3.63) is 30.1 Å². The second kappa shape index (κ2) is 3.81. The number of hydrogen-bond acceptors (Lipinski definition) is 1. The molecule has 0 radical (unpaired) electrons. The van der Waals surface area contributed by atoms with E-state index < -0.39 is 24.1 Å². The first-order valence-electron chi connectivity index (χ1n) is 3.52. The largest absolute Gasteiger partial charge is 0.461 e. The van der Waals surface area contributed by atoms with Crippen LogP contribution in [0.15, 0.2) is 24.3 Å². The molecule has 0 N–H and O–H groups in total. The third-order valence-corrected chi connectivity index (χ3v) is 1.32. The minimum atomic E-state index is -4.56. The van der Waals surface area contributed by atoms with Crippen molar-refractivity contribution in [3.63, 3.8) is 0 Å². The number of benzene rings is 1. The molecule has 14 heavy (non-hydrogen) atoms. The van der Waals surface area contributed by atoms with E-state index in [1.165, 1.54) is 0 Å². The quantitative estimate of drug-likeness (QED) is 0.699. The molecule has 6 heteroatoms. The van der Waals surface area contributed by atoms with Crippen LogP contribution in [0.2, 0.25) is 0 Å². The Morgan fingerprint density at radius 3 is 2.00 bits per heavy atom. The molecule has 1 rings (SSSR count). The summed E-state index contributed by atoms with van der Waals surface area (Å²) >= 11 is 0. The van der Waals surface area contributed by atoms with Crippen molar-refractivity contribution >= 4 is 0 Å². The Hall–Kier alpha value is -1.33. The molecule has 0 aliphatic rings. The van der Waals surface area contributed by atoms with Crippen LogP contribution in [0, 0.1) is 5.82 Å². The van der Waals surface area contributed by atoms with Crippen molar-refractivity contribution in [2.24, 2.45) is 0 Å². The van der Waals surface area contributed by atoms with Gasteiger partial charge >= 0.3 is 12.5 Å². The van der Waals surface area contributed by atoms with Gasteiger partial charge in [-0.1, -0.05) is 0 Å². The van der Waals surface area contributed by atoms with Gasteiger partial charge in [0.2, 0.25) is 0 Å². The molecule has 78 valence electrons. The van der Waals surface area contributed by atoms with Gasteiger partial charge in [-0.25, -0.2) is 4.39 Å². The topological polar surface area (TPSA) is 9.23 Å². The number of ether oxygens (including phenoxy) is 1. The molecule has 0 aliphatic heterocycles. The van der Waals surface area contributed by atoms with Crippen LogP contribution in [0.4, 0.5) is 22.0 Å². The minimum absolute atomic E-state index is 0.517. The van der Waals surface area contributed by atoms with Crippen LogP contribution in [0.5, 0.6) is 5.75 Å². The number of rotatable bonds is 3. The number of alkyl halides is 4. The van der Waals surface area contributed by atoms with E-state index in [1.807, 2.05) is 0 Å². The monoisotopic (exact) mass is 212 g/mol. The van der Waals surface area contributed by atoms with Gasteiger partial charge in [-0.05, 0) is 24.3 Å². The normalized spacial score (nSPS) is 11.9. The third kappa shape index (κ3) is 2.58. The highest BCUT2D eigenvalue weighted by atomic mass is 19.3. The highest BCUT2D eigenvalue weighted by Crippen LogP contribution is 2.27.